The molecule has 52 heavy (non-hydrogen) atoms. The Balaban J connectivity index is 1.31. The minimum atomic E-state index is -0.618. The predicted molar refractivity (Wildman–Crippen MR) is 191 cm³/mol. The molecule has 0 spiro atoms. The molecule has 0 aliphatic heterocycles. The summed E-state index contributed by atoms with van der Waals surface area (Å²) in [5.41, 5.74) is 15.1. The number of nitrogens with zero attached hydrogens (tertiary/aromatic N) is 7. The van der Waals surface area contributed by atoms with Gasteiger partial charge in [0.2, 0.25) is 29.5 Å². The van der Waals surface area contributed by atoms with Gasteiger partial charge in [-0.05, 0) is 62.2 Å². The zero-order chi connectivity index (χ0) is 37.1. The SMILES string of the molecule is CCc1nc(C)oc1C(=O)Nc1nc2cc(C(N)=O)ccc2n1C/C=C/Cn1c(NC(=O)c2cc(C)nn2CCCO)nc2cc(C(N)=O)ccc21. The van der Waals surface area contributed by atoms with E-state index in [2.05, 4.69) is 30.7 Å². The Hall–Kier alpha value is -6.62. The van der Waals surface area contributed by atoms with Crippen molar-refractivity contribution in [1.29, 1.82) is 0 Å². The summed E-state index contributed by atoms with van der Waals surface area (Å²) in [5, 5.41) is 19.4. The fourth-order valence-corrected chi connectivity index (χ4v) is 5.82. The number of benzene rings is 2. The lowest BCUT2D eigenvalue weighted by Crippen LogP contribution is -2.20. The number of amides is 4. The molecule has 4 aromatic heterocycles. The van der Waals surface area contributed by atoms with Gasteiger partial charge in [-0.15, -0.1) is 0 Å². The molecule has 0 saturated heterocycles. The van der Waals surface area contributed by atoms with E-state index in [-0.39, 0.29) is 48.5 Å². The van der Waals surface area contributed by atoms with Crippen LogP contribution in [-0.2, 0) is 26.1 Å². The number of aliphatic hydroxyl groups excluding tert-OH is 1. The summed E-state index contributed by atoms with van der Waals surface area (Å²) in [5.74, 6) is -1.35. The molecule has 0 aliphatic rings. The van der Waals surface area contributed by atoms with E-state index >= 15 is 0 Å². The van der Waals surface area contributed by atoms with Crippen LogP contribution in [-0.4, -0.2) is 69.2 Å². The first kappa shape index (κ1) is 35.2. The summed E-state index contributed by atoms with van der Waals surface area (Å²) in [4.78, 5) is 64.1. The van der Waals surface area contributed by atoms with E-state index in [9.17, 15) is 24.3 Å². The Bertz CT molecular complexity index is 2380. The van der Waals surface area contributed by atoms with Gasteiger partial charge in [-0.3, -0.25) is 34.5 Å². The van der Waals surface area contributed by atoms with Crippen LogP contribution in [0, 0.1) is 13.8 Å². The van der Waals surface area contributed by atoms with Crippen LogP contribution in [0.5, 0.6) is 0 Å². The quantitative estimate of drug-likeness (QED) is 0.104. The number of primary amides is 2. The maximum atomic E-state index is 13.5. The Labute approximate surface area is 296 Å². The predicted octanol–water partition coefficient (Wildman–Crippen LogP) is 3.09. The number of carbonyl (C=O) groups is 4. The molecule has 0 aliphatic carbocycles. The number of allylic oxidation sites excluding steroid dienone is 2. The number of aliphatic hydroxyl groups is 1. The third-order valence-electron chi connectivity index (χ3n) is 8.27. The highest BCUT2D eigenvalue weighted by Crippen LogP contribution is 2.25. The molecule has 0 radical (unpaired) electrons. The fraction of sp³-hybridized carbons (Fsp3) is 0.257. The Morgan fingerprint density at radius 1 is 0.827 bits per heavy atom. The molecule has 2 aromatic carbocycles. The highest BCUT2D eigenvalue weighted by atomic mass is 16.4. The summed E-state index contributed by atoms with van der Waals surface area (Å²) in [6.45, 7) is 6.07. The van der Waals surface area contributed by atoms with Crippen LogP contribution in [0.1, 0.15) is 72.4 Å². The van der Waals surface area contributed by atoms with E-state index in [1.807, 2.05) is 19.1 Å². The molecule has 6 rings (SSSR count). The maximum absolute atomic E-state index is 13.5. The van der Waals surface area contributed by atoms with Crippen LogP contribution in [0.3, 0.4) is 0 Å². The van der Waals surface area contributed by atoms with Crippen LogP contribution in [0.2, 0.25) is 0 Å². The molecule has 0 saturated carbocycles. The number of nitrogens with one attached hydrogen (secondary N) is 2. The average Bonchev–Trinajstić information content (AvgIpc) is 3.87. The van der Waals surface area contributed by atoms with E-state index in [0.717, 1.165) is 0 Å². The lowest BCUT2D eigenvalue weighted by molar-refractivity contribution is 0.0987. The molecule has 4 heterocycles. The van der Waals surface area contributed by atoms with Gasteiger partial charge in [0.25, 0.3) is 11.8 Å². The number of hydrogen-bond donors (Lipinski definition) is 5. The van der Waals surface area contributed by atoms with Crippen molar-refractivity contribution in [2.24, 2.45) is 11.5 Å². The normalized spacial score (nSPS) is 11.5. The van der Waals surface area contributed by atoms with Crippen molar-refractivity contribution in [2.45, 2.75) is 53.2 Å². The van der Waals surface area contributed by atoms with Crippen LogP contribution < -0.4 is 22.1 Å². The molecular formula is C35H37N11O6. The molecule has 0 fully saturated rings. The molecule has 0 bridgehead atoms. The number of aryl methyl sites for hydroxylation is 4. The van der Waals surface area contributed by atoms with Gasteiger partial charge in [-0.25, -0.2) is 15.0 Å². The van der Waals surface area contributed by atoms with Gasteiger partial charge in [-0.1, -0.05) is 19.1 Å². The first-order chi connectivity index (χ1) is 25.0. The largest absolute Gasteiger partial charge is 0.436 e. The number of rotatable bonds is 14. The number of anilines is 2. The number of nitrogens with two attached hydrogens (primary N) is 2. The summed E-state index contributed by atoms with van der Waals surface area (Å²) in [6.07, 6.45) is 4.60. The van der Waals surface area contributed by atoms with Crippen molar-refractivity contribution in [1.82, 2.24) is 33.9 Å². The van der Waals surface area contributed by atoms with Crippen LogP contribution in [0.4, 0.5) is 11.9 Å². The highest BCUT2D eigenvalue weighted by molar-refractivity contribution is 6.04. The zero-order valence-electron chi connectivity index (χ0n) is 28.7. The molecule has 17 nitrogen and oxygen atoms in total. The molecule has 4 amide bonds. The summed E-state index contributed by atoms with van der Waals surface area (Å²) < 4.78 is 10.6. The molecule has 268 valence electrons. The standard InChI is InChI=1S/C35H37N11O6/c1-4-23-29(52-20(3)38-23)33(51)42-35-40-25-18-22(31(37)49)9-11-27(25)45(35)13-6-5-12-44-26-10-8-21(30(36)48)17-24(26)39-34(44)41-32(50)28-16-19(2)43-46(28)14-7-15-47/h5-6,8-11,16-18,47H,4,7,12-15H2,1-3H3,(H2,36,48)(H2,37,49)(H,39,41,50)(H,40,42,51)/b6-5+. The second kappa shape index (κ2) is 14.7. The molecule has 7 N–H and O–H groups in total. The molecule has 17 heteroatoms. The summed E-state index contributed by atoms with van der Waals surface area (Å²) >= 11 is 0. The van der Waals surface area contributed by atoms with E-state index in [1.54, 1.807) is 65.4 Å². The van der Waals surface area contributed by atoms with E-state index in [4.69, 9.17) is 15.9 Å². The molecule has 6 aromatic rings. The Morgan fingerprint density at radius 3 is 1.90 bits per heavy atom. The lowest BCUT2D eigenvalue weighted by Gasteiger charge is -2.10. The second-order valence-electron chi connectivity index (χ2n) is 11.9. The lowest BCUT2D eigenvalue weighted by atomic mass is 10.2. The van der Waals surface area contributed by atoms with Gasteiger partial charge in [0.1, 0.15) is 5.69 Å². The first-order valence-electron chi connectivity index (χ1n) is 16.5. The van der Waals surface area contributed by atoms with Gasteiger partial charge in [0.15, 0.2) is 5.89 Å². The Kier molecular flexibility index (Phi) is 9.95. The molecule has 0 unspecified atom stereocenters. The van der Waals surface area contributed by atoms with Crippen LogP contribution >= 0.6 is 0 Å². The van der Waals surface area contributed by atoms with Crippen LogP contribution in [0.15, 0.2) is 59.0 Å². The number of imidazole rings is 2. The van der Waals surface area contributed by atoms with Gasteiger partial charge in [0, 0.05) is 44.3 Å². The Morgan fingerprint density at radius 2 is 1.38 bits per heavy atom. The van der Waals surface area contributed by atoms with Gasteiger partial charge >= 0.3 is 0 Å². The topological polar surface area (TPSA) is 244 Å². The van der Waals surface area contributed by atoms with Gasteiger partial charge in [-0.2, -0.15) is 5.10 Å². The number of carbonyl (C=O) groups excluding carboxylic acids is 4. The second-order valence-corrected chi connectivity index (χ2v) is 11.9. The fourth-order valence-electron chi connectivity index (χ4n) is 5.82. The van der Waals surface area contributed by atoms with Crippen molar-refractivity contribution < 1.29 is 28.7 Å². The third-order valence-corrected chi connectivity index (χ3v) is 8.27. The first-order valence-corrected chi connectivity index (χ1v) is 16.5. The average molecular weight is 708 g/mol. The monoisotopic (exact) mass is 707 g/mol. The van der Waals surface area contributed by atoms with Crippen molar-refractivity contribution in [2.75, 3.05) is 17.2 Å². The van der Waals surface area contributed by atoms with Gasteiger partial charge in [0.05, 0.1) is 33.5 Å². The van der Waals surface area contributed by atoms with Crippen molar-refractivity contribution in [3.63, 3.8) is 0 Å². The van der Waals surface area contributed by atoms with Crippen LogP contribution in [0.25, 0.3) is 22.1 Å². The van der Waals surface area contributed by atoms with Crippen molar-refractivity contribution >= 4 is 57.6 Å². The summed E-state index contributed by atoms with van der Waals surface area (Å²) in [6, 6.07) is 11.3. The molecule has 0 atom stereocenters. The number of oxazole rings is 1. The minimum Gasteiger partial charge on any atom is -0.436 e. The smallest absolute Gasteiger partial charge is 0.295 e. The maximum Gasteiger partial charge on any atom is 0.295 e. The van der Waals surface area contributed by atoms with E-state index in [0.29, 0.717) is 64.4 Å². The number of aromatic nitrogens is 7. The number of hydrogen-bond acceptors (Lipinski definition) is 10. The number of fused-ring (bicyclic) bond motifs is 2. The molecular weight excluding hydrogens is 670 g/mol. The minimum absolute atomic E-state index is 0.0532. The zero-order valence-corrected chi connectivity index (χ0v) is 28.7. The summed E-state index contributed by atoms with van der Waals surface area (Å²) in [7, 11) is 0. The van der Waals surface area contributed by atoms with Gasteiger partial charge < -0.3 is 30.1 Å². The highest BCUT2D eigenvalue weighted by Gasteiger charge is 2.22. The van der Waals surface area contributed by atoms with Crippen molar-refractivity contribution in [3.8, 4) is 0 Å². The van der Waals surface area contributed by atoms with E-state index in [1.165, 1.54) is 4.68 Å². The van der Waals surface area contributed by atoms with E-state index < -0.39 is 23.6 Å². The van der Waals surface area contributed by atoms with Crippen molar-refractivity contribution in [3.05, 3.63) is 94.5 Å². The third kappa shape index (κ3) is 7.15.